The smallest absolute Gasteiger partial charge is 0.186 e. The summed E-state index contributed by atoms with van der Waals surface area (Å²) in [7, 11) is 0. The lowest BCUT2D eigenvalue weighted by Gasteiger charge is -2.03. The minimum atomic E-state index is 0.514. The van der Waals surface area contributed by atoms with Crippen molar-refractivity contribution in [1.82, 2.24) is 0 Å². The van der Waals surface area contributed by atoms with Gasteiger partial charge < -0.3 is 0 Å². The number of hydrogen-bond donors (Lipinski definition) is 0. The lowest BCUT2D eigenvalue weighted by Crippen LogP contribution is -2.36. The average Bonchev–Trinajstić information content (AvgIpc) is 2.40. The van der Waals surface area contributed by atoms with E-state index >= 15 is 0 Å². The summed E-state index contributed by atoms with van der Waals surface area (Å²) in [5, 5.41) is 0. The molecule has 0 aliphatic heterocycles. The van der Waals surface area contributed by atoms with Crippen molar-refractivity contribution in [2.45, 2.75) is 6.54 Å². The maximum absolute atomic E-state index is 5.54. The van der Waals surface area contributed by atoms with E-state index < -0.39 is 0 Å². The van der Waals surface area contributed by atoms with Crippen LogP contribution in [0.1, 0.15) is 5.56 Å². The normalized spacial score (nSPS) is 9.29. The quantitative estimate of drug-likeness (QED) is 0.537. The molecule has 1 nitrogen and oxygen atoms in total. The first kappa shape index (κ1) is 11.0. The average molecular weight is 218 g/mol. The lowest BCUT2D eigenvalue weighted by molar-refractivity contribution is -0.674. The zero-order valence-electron chi connectivity index (χ0n) is 9.43. The molecule has 1 heteroatoms. The van der Waals surface area contributed by atoms with Gasteiger partial charge in [0, 0.05) is 11.6 Å². The SMILES string of the molecule is C#CC[n+]1cccc(C#C)c1-c1ccccc1. The Bertz CT molecular complexity index is 598. The maximum Gasteiger partial charge on any atom is 0.229 e. The van der Waals surface area contributed by atoms with E-state index in [2.05, 4.69) is 11.8 Å². The Balaban J connectivity index is 2.67. The molecule has 0 aliphatic carbocycles. The van der Waals surface area contributed by atoms with Gasteiger partial charge in [0.05, 0.1) is 5.56 Å². The summed E-state index contributed by atoms with van der Waals surface area (Å²) in [4.78, 5) is 0. The summed E-state index contributed by atoms with van der Waals surface area (Å²) >= 11 is 0. The predicted octanol–water partition coefficient (Wildman–Crippen LogP) is 2.26. The number of hydrogen-bond acceptors (Lipinski definition) is 0. The molecule has 0 unspecified atom stereocenters. The predicted molar refractivity (Wildman–Crippen MR) is 68.8 cm³/mol. The van der Waals surface area contributed by atoms with Crippen LogP contribution in [0.3, 0.4) is 0 Å². The van der Waals surface area contributed by atoms with Crippen LogP contribution in [0, 0.1) is 24.7 Å². The molecule has 0 bridgehead atoms. The molecule has 0 radical (unpaired) electrons. The monoisotopic (exact) mass is 218 g/mol. The largest absolute Gasteiger partial charge is 0.229 e. The minimum absolute atomic E-state index is 0.514. The lowest BCUT2D eigenvalue weighted by atomic mass is 10.1. The van der Waals surface area contributed by atoms with E-state index in [9.17, 15) is 0 Å². The number of nitrogens with zero attached hydrogens (tertiary/aromatic N) is 1. The third-order valence-electron chi connectivity index (χ3n) is 2.54. The van der Waals surface area contributed by atoms with Crippen molar-refractivity contribution >= 4 is 0 Å². The van der Waals surface area contributed by atoms with E-state index in [4.69, 9.17) is 12.8 Å². The number of pyridine rings is 1. The van der Waals surface area contributed by atoms with Gasteiger partial charge in [-0.1, -0.05) is 24.1 Å². The molecule has 0 amide bonds. The second kappa shape index (κ2) is 5.01. The van der Waals surface area contributed by atoms with Gasteiger partial charge in [0.1, 0.15) is 0 Å². The van der Waals surface area contributed by atoms with Gasteiger partial charge in [-0.05, 0) is 24.1 Å². The van der Waals surface area contributed by atoms with Crippen LogP contribution in [-0.4, -0.2) is 0 Å². The summed E-state index contributed by atoms with van der Waals surface area (Å²) < 4.78 is 1.99. The van der Waals surface area contributed by atoms with Gasteiger partial charge in [-0.2, -0.15) is 4.57 Å². The van der Waals surface area contributed by atoms with E-state index in [1.54, 1.807) is 0 Å². The van der Waals surface area contributed by atoms with Gasteiger partial charge in [0.25, 0.3) is 0 Å². The molecule has 0 saturated heterocycles. The van der Waals surface area contributed by atoms with Crippen LogP contribution in [0.4, 0.5) is 0 Å². The molecule has 0 spiro atoms. The molecular weight excluding hydrogens is 206 g/mol. The molecular formula is C16H12N+. The second-order valence-electron chi connectivity index (χ2n) is 3.61. The molecule has 0 fully saturated rings. The molecule has 0 saturated carbocycles. The molecule has 2 aromatic rings. The zero-order valence-corrected chi connectivity index (χ0v) is 9.43. The summed E-state index contributed by atoms with van der Waals surface area (Å²) in [6.07, 6.45) is 12.9. The van der Waals surface area contributed by atoms with E-state index in [1.807, 2.05) is 53.2 Å². The maximum atomic E-state index is 5.54. The van der Waals surface area contributed by atoms with Crippen LogP contribution in [0.15, 0.2) is 48.7 Å². The van der Waals surface area contributed by atoms with Crippen LogP contribution in [0.2, 0.25) is 0 Å². The van der Waals surface area contributed by atoms with E-state index in [0.717, 1.165) is 16.8 Å². The number of aromatic nitrogens is 1. The number of terminal acetylenes is 2. The van der Waals surface area contributed by atoms with E-state index in [1.165, 1.54) is 0 Å². The van der Waals surface area contributed by atoms with Gasteiger partial charge in [-0.3, -0.25) is 0 Å². The van der Waals surface area contributed by atoms with Crippen LogP contribution < -0.4 is 4.57 Å². The van der Waals surface area contributed by atoms with Crippen LogP contribution >= 0.6 is 0 Å². The highest BCUT2D eigenvalue weighted by atomic mass is 14.9. The Morgan fingerprint density at radius 1 is 1.00 bits per heavy atom. The highest BCUT2D eigenvalue weighted by Gasteiger charge is 2.15. The van der Waals surface area contributed by atoms with Crippen molar-refractivity contribution in [3.63, 3.8) is 0 Å². The van der Waals surface area contributed by atoms with Crippen molar-refractivity contribution in [1.29, 1.82) is 0 Å². The van der Waals surface area contributed by atoms with Crippen molar-refractivity contribution in [3.8, 4) is 35.9 Å². The first-order valence-corrected chi connectivity index (χ1v) is 5.34. The van der Waals surface area contributed by atoms with Gasteiger partial charge in [-0.25, -0.2) is 0 Å². The van der Waals surface area contributed by atoms with Gasteiger partial charge in [-0.15, -0.1) is 12.8 Å². The fraction of sp³-hybridized carbons (Fsp3) is 0.0625. The van der Waals surface area contributed by atoms with Crippen LogP contribution in [-0.2, 0) is 6.54 Å². The summed E-state index contributed by atoms with van der Waals surface area (Å²) in [5.74, 6) is 5.34. The summed E-state index contributed by atoms with van der Waals surface area (Å²) in [5.41, 5.74) is 2.93. The topological polar surface area (TPSA) is 3.88 Å². The standard InChI is InChI=1S/C16H12N/c1-3-12-17-13-8-11-14(4-2)16(17)15-9-6-5-7-10-15/h1-2,5-11,13H,12H2/q+1. The fourth-order valence-corrected chi connectivity index (χ4v) is 1.82. The van der Waals surface area contributed by atoms with Gasteiger partial charge in [0.2, 0.25) is 12.2 Å². The van der Waals surface area contributed by atoms with Crippen molar-refractivity contribution < 1.29 is 4.57 Å². The minimum Gasteiger partial charge on any atom is -0.186 e. The molecule has 0 aliphatic rings. The van der Waals surface area contributed by atoms with Crippen molar-refractivity contribution in [3.05, 3.63) is 54.2 Å². The Hall–Kier alpha value is -2.51. The van der Waals surface area contributed by atoms with Gasteiger partial charge >= 0.3 is 0 Å². The summed E-state index contributed by atoms with van der Waals surface area (Å²) in [6.45, 7) is 0.514. The van der Waals surface area contributed by atoms with E-state index in [0.29, 0.717) is 6.54 Å². The van der Waals surface area contributed by atoms with Gasteiger partial charge in [0.15, 0.2) is 6.20 Å². The molecule has 1 aromatic heterocycles. The number of benzene rings is 1. The highest BCUT2D eigenvalue weighted by molar-refractivity contribution is 5.63. The van der Waals surface area contributed by atoms with E-state index in [-0.39, 0.29) is 0 Å². The fourth-order valence-electron chi connectivity index (χ4n) is 1.82. The molecule has 80 valence electrons. The Morgan fingerprint density at radius 3 is 2.41 bits per heavy atom. The Morgan fingerprint density at radius 2 is 1.76 bits per heavy atom. The third kappa shape index (κ3) is 2.19. The van der Waals surface area contributed by atoms with Crippen molar-refractivity contribution in [2.24, 2.45) is 0 Å². The highest BCUT2D eigenvalue weighted by Crippen LogP contribution is 2.18. The first-order chi connectivity index (χ1) is 8.36. The number of rotatable bonds is 2. The summed E-state index contributed by atoms with van der Waals surface area (Å²) in [6, 6.07) is 13.9. The first-order valence-electron chi connectivity index (χ1n) is 5.34. The molecule has 0 atom stereocenters. The van der Waals surface area contributed by atoms with Crippen LogP contribution in [0.25, 0.3) is 11.3 Å². The molecule has 0 N–H and O–H groups in total. The second-order valence-corrected chi connectivity index (χ2v) is 3.61. The molecule has 1 aromatic carbocycles. The molecule has 1 heterocycles. The third-order valence-corrected chi connectivity index (χ3v) is 2.54. The zero-order chi connectivity index (χ0) is 12.1. The van der Waals surface area contributed by atoms with Crippen LogP contribution in [0.5, 0.6) is 0 Å². The molecule has 2 rings (SSSR count). The Kier molecular flexibility index (Phi) is 3.24. The van der Waals surface area contributed by atoms with Crippen molar-refractivity contribution in [2.75, 3.05) is 0 Å². The Labute approximate surface area is 102 Å². The molecule has 17 heavy (non-hydrogen) atoms.